The lowest BCUT2D eigenvalue weighted by molar-refractivity contribution is 0.0952. The molecule has 0 unspecified atom stereocenters. The molecular weight excluding hydrogens is 276 g/mol. The largest absolute Gasteiger partial charge is 0.349 e. The number of carbonyl (C=O) groups is 1. The van der Waals surface area contributed by atoms with Crippen LogP contribution in [-0.2, 0) is 7.05 Å². The summed E-state index contributed by atoms with van der Waals surface area (Å²) in [6.07, 6.45) is 5.81. The van der Waals surface area contributed by atoms with E-state index >= 15 is 0 Å². The van der Waals surface area contributed by atoms with Gasteiger partial charge in [0.1, 0.15) is 0 Å². The van der Waals surface area contributed by atoms with Gasteiger partial charge in [-0.3, -0.25) is 9.48 Å². The summed E-state index contributed by atoms with van der Waals surface area (Å²) in [7, 11) is 1.87. The molecule has 0 spiro atoms. The Bertz CT molecular complexity index is 864. The Morgan fingerprint density at radius 3 is 2.86 bits per heavy atom. The number of nitrogens with zero attached hydrogens (tertiary/aromatic N) is 3. The molecule has 1 aliphatic rings. The van der Waals surface area contributed by atoms with Crippen LogP contribution >= 0.6 is 0 Å². The van der Waals surface area contributed by atoms with Crippen molar-refractivity contribution in [3.63, 3.8) is 0 Å². The average molecular weight is 292 g/mol. The van der Waals surface area contributed by atoms with Crippen LogP contribution in [0.2, 0.25) is 0 Å². The van der Waals surface area contributed by atoms with Crippen molar-refractivity contribution < 1.29 is 4.79 Å². The topological polar surface area (TPSA) is 59.8 Å². The van der Waals surface area contributed by atoms with E-state index in [9.17, 15) is 4.79 Å². The fourth-order valence-corrected chi connectivity index (χ4v) is 2.56. The third-order valence-corrected chi connectivity index (χ3v) is 3.87. The fraction of sp³-hybridized carbons (Fsp3) is 0.235. The van der Waals surface area contributed by atoms with E-state index in [0.29, 0.717) is 11.6 Å². The Labute approximate surface area is 128 Å². The number of aromatic nitrogens is 3. The lowest BCUT2D eigenvalue weighted by Gasteiger charge is -2.09. The van der Waals surface area contributed by atoms with Gasteiger partial charge in [0.05, 0.1) is 23.0 Å². The van der Waals surface area contributed by atoms with E-state index < -0.39 is 0 Å². The summed E-state index contributed by atoms with van der Waals surface area (Å²) in [5.74, 6) is -0.0220. The van der Waals surface area contributed by atoms with Crippen LogP contribution in [0.3, 0.4) is 0 Å². The number of para-hydroxylation sites is 1. The molecule has 1 N–H and O–H groups in total. The van der Waals surface area contributed by atoms with Crippen LogP contribution in [0.15, 0.2) is 42.7 Å². The first-order valence-corrected chi connectivity index (χ1v) is 7.40. The zero-order chi connectivity index (χ0) is 15.1. The van der Waals surface area contributed by atoms with Crippen molar-refractivity contribution in [1.82, 2.24) is 20.1 Å². The summed E-state index contributed by atoms with van der Waals surface area (Å²) in [5.41, 5.74) is 3.18. The monoisotopic (exact) mass is 292 g/mol. The molecule has 1 amide bonds. The Balaban J connectivity index is 1.86. The molecule has 1 saturated carbocycles. The summed E-state index contributed by atoms with van der Waals surface area (Å²) in [6.45, 7) is 0. The maximum Gasteiger partial charge on any atom is 0.252 e. The van der Waals surface area contributed by atoms with Gasteiger partial charge in [0.25, 0.3) is 5.91 Å². The SMILES string of the molecule is Cn1cc(-c2cc(C(=O)NC3CC3)c3ccccc3n2)cn1. The number of amides is 1. The molecule has 4 rings (SSSR count). The number of carbonyl (C=O) groups excluding carboxylic acids is 1. The summed E-state index contributed by atoms with van der Waals surface area (Å²) in [4.78, 5) is 17.2. The number of benzene rings is 1. The van der Waals surface area contributed by atoms with E-state index in [4.69, 9.17) is 0 Å². The van der Waals surface area contributed by atoms with Gasteiger partial charge in [-0.1, -0.05) is 18.2 Å². The highest BCUT2D eigenvalue weighted by atomic mass is 16.1. The third kappa shape index (κ3) is 2.35. The second-order valence-electron chi connectivity index (χ2n) is 5.72. The third-order valence-electron chi connectivity index (χ3n) is 3.87. The summed E-state index contributed by atoms with van der Waals surface area (Å²) in [6, 6.07) is 9.94. The van der Waals surface area contributed by atoms with Crippen LogP contribution in [-0.4, -0.2) is 26.7 Å². The van der Waals surface area contributed by atoms with Gasteiger partial charge < -0.3 is 5.32 Å². The summed E-state index contributed by atoms with van der Waals surface area (Å²) >= 11 is 0. The Kier molecular flexibility index (Phi) is 2.92. The zero-order valence-electron chi connectivity index (χ0n) is 12.3. The number of aryl methyl sites for hydroxylation is 1. The van der Waals surface area contributed by atoms with Gasteiger partial charge in [0, 0.05) is 30.2 Å². The fourth-order valence-electron chi connectivity index (χ4n) is 2.56. The molecule has 110 valence electrons. The molecule has 0 bridgehead atoms. The highest BCUT2D eigenvalue weighted by molar-refractivity contribution is 6.07. The van der Waals surface area contributed by atoms with Gasteiger partial charge in [0.15, 0.2) is 0 Å². The first-order chi connectivity index (χ1) is 10.7. The standard InChI is InChI=1S/C17H16N4O/c1-21-10-11(9-18-21)16-8-14(17(22)19-12-6-7-12)13-4-2-3-5-15(13)20-16/h2-5,8-10,12H,6-7H2,1H3,(H,19,22). The Hall–Kier alpha value is -2.69. The molecule has 0 radical (unpaired) electrons. The van der Waals surface area contributed by atoms with Crippen LogP contribution in [0.4, 0.5) is 0 Å². The Morgan fingerprint density at radius 2 is 2.14 bits per heavy atom. The number of hydrogen-bond donors (Lipinski definition) is 1. The normalized spacial score (nSPS) is 14.2. The Morgan fingerprint density at radius 1 is 1.32 bits per heavy atom. The predicted molar refractivity (Wildman–Crippen MR) is 84.4 cm³/mol. The van der Waals surface area contributed by atoms with Gasteiger partial charge in [-0.2, -0.15) is 5.10 Å². The highest BCUT2D eigenvalue weighted by Crippen LogP contribution is 2.26. The van der Waals surface area contributed by atoms with Gasteiger partial charge >= 0.3 is 0 Å². The molecule has 2 aromatic heterocycles. The minimum atomic E-state index is -0.0220. The molecule has 22 heavy (non-hydrogen) atoms. The maximum atomic E-state index is 12.5. The first-order valence-electron chi connectivity index (χ1n) is 7.40. The van der Waals surface area contributed by atoms with Crippen LogP contribution < -0.4 is 5.32 Å². The lowest BCUT2D eigenvalue weighted by atomic mass is 10.0. The second-order valence-corrected chi connectivity index (χ2v) is 5.72. The number of pyridine rings is 1. The minimum absolute atomic E-state index is 0.0220. The molecule has 2 heterocycles. The van der Waals surface area contributed by atoms with Crippen molar-refractivity contribution in [3.8, 4) is 11.3 Å². The number of nitrogens with one attached hydrogen (secondary N) is 1. The highest BCUT2D eigenvalue weighted by Gasteiger charge is 2.25. The molecule has 5 heteroatoms. The quantitative estimate of drug-likeness (QED) is 0.807. The lowest BCUT2D eigenvalue weighted by Crippen LogP contribution is -2.25. The van der Waals surface area contributed by atoms with E-state index in [1.165, 1.54) is 0 Å². The molecule has 0 aliphatic heterocycles. The molecule has 1 aliphatic carbocycles. The van der Waals surface area contributed by atoms with E-state index in [1.807, 2.05) is 43.6 Å². The zero-order valence-corrected chi connectivity index (χ0v) is 12.3. The van der Waals surface area contributed by atoms with Crippen molar-refractivity contribution in [3.05, 3.63) is 48.3 Å². The van der Waals surface area contributed by atoms with Crippen LogP contribution in [0, 0.1) is 0 Å². The second kappa shape index (κ2) is 4.94. The van der Waals surface area contributed by atoms with Crippen LogP contribution in [0.25, 0.3) is 22.2 Å². The van der Waals surface area contributed by atoms with Crippen molar-refractivity contribution in [1.29, 1.82) is 0 Å². The van der Waals surface area contributed by atoms with E-state index in [1.54, 1.807) is 10.9 Å². The molecule has 1 fully saturated rings. The smallest absolute Gasteiger partial charge is 0.252 e. The van der Waals surface area contributed by atoms with E-state index in [2.05, 4.69) is 15.4 Å². The molecule has 3 aromatic rings. The van der Waals surface area contributed by atoms with E-state index in [-0.39, 0.29) is 5.91 Å². The van der Waals surface area contributed by atoms with Crippen molar-refractivity contribution >= 4 is 16.8 Å². The molecule has 5 nitrogen and oxygen atoms in total. The number of fused-ring (bicyclic) bond motifs is 1. The predicted octanol–water partition coefficient (Wildman–Crippen LogP) is 2.53. The first kappa shape index (κ1) is 13.0. The van der Waals surface area contributed by atoms with Crippen molar-refractivity contribution in [2.24, 2.45) is 7.05 Å². The molecule has 1 aromatic carbocycles. The van der Waals surface area contributed by atoms with Crippen LogP contribution in [0.1, 0.15) is 23.2 Å². The van der Waals surface area contributed by atoms with E-state index in [0.717, 1.165) is 35.0 Å². The van der Waals surface area contributed by atoms with Gasteiger partial charge in [-0.05, 0) is 25.0 Å². The molecular formula is C17H16N4O. The number of hydrogen-bond acceptors (Lipinski definition) is 3. The van der Waals surface area contributed by atoms with Gasteiger partial charge in [-0.15, -0.1) is 0 Å². The van der Waals surface area contributed by atoms with Crippen molar-refractivity contribution in [2.75, 3.05) is 0 Å². The summed E-state index contributed by atoms with van der Waals surface area (Å²) in [5, 5.41) is 8.12. The maximum absolute atomic E-state index is 12.5. The molecule has 0 atom stereocenters. The summed E-state index contributed by atoms with van der Waals surface area (Å²) < 4.78 is 1.73. The minimum Gasteiger partial charge on any atom is -0.349 e. The van der Waals surface area contributed by atoms with Crippen LogP contribution in [0.5, 0.6) is 0 Å². The molecule has 0 saturated heterocycles. The van der Waals surface area contributed by atoms with Gasteiger partial charge in [0.2, 0.25) is 0 Å². The van der Waals surface area contributed by atoms with Crippen molar-refractivity contribution in [2.45, 2.75) is 18.9 Å². The van der Waals surface area contributed by atoms with Gasteiger partial charge in [-0.25, -0.2) is 4.98 Å². The number of rotatable bonds is 3. The average Bonchev–Trinajstić information content (AvgIpc) is 3.24.